The van der Waals surface area contributed by atoms with Gasteiger partial charge in [0.1, 0.15) is 18.0 Å². The molecule has 0 fully saturated rings. The topological polar surface area (TPSA) is 42.7 Å². The van der Waals surface area contributed by atoms with E-state index in [-0.39, 0.29) is 5.54 Å². The molecule has 0 aliphatic heterocycles. The van der Waals surface area contributed by atoms with Gasteiger partial charge in [0.25, 0.3) is 0 Å². The molecule has 20 heavy (non-hydrogen) atoms. The molecule has 0 aliphatic rings. The third kappa shape index (κ3) is 2.50. The first-order chi connectivity index (χ1) is 9.53. The van der Waals surface area contributed by atoms with Gasteiger partial charge in [0, 0.05) is 5.54 Å². The van der Waals surface area contributed by atoms with Gasteiger partial charge in [0.2, 0.25) is 0 Å². The lowest BCUT2D eigenvalue weighted by atomic mass is 10.1. The van der Waals surface area contributed by atoms with E-state index in [1.807, 2.05) is 53.4 Å². The van der Waals surface area contributed by atoms with Crippen LogP contribution in [0.25, 0.3) is 16.9 Å². The first kappa shape index (κ1) is 12.7. The summed E-state index contributed by atoms with van der Waals surface area (Å²) in [4.78, 5) is 9.06. The number of aromatic nitrogens is 3. The summed E-state index contributed by atoms with van der Waals surface area (Å²) >= 11 is 0. The van der Waals surface area contributed by atoms with Crippen molar-refractivity contribution >= 4 is 16.9 Å². The number of pyridine rings is 1. The first-order valence-electron chi connectivity index (χ1n) is 6.71. The second kappa shape index (κ2) is 4.63. The number of benzene rings is 1. The van der Waals surface area contributed by atoms with Crippen LogP contribution in [0.15, 0.2) is 48.8 Å². The molecule has 102 valence electrons. The van der Waals surface area contributed by atoms with Crippen LogP contribution in [0, 0.1) is 0 Å². The molecule has 0 saturated heterocycles. The second-order valence-corrected chi connectivity index (χ2v) is 5.86. The minimum absolute atomic E-state index is 0.0113. The fourth-order valence-electron chi connectivity index (χ4n) is 2.15. The van der Waals surface area contributed by atoms with E-state index in [4.69, 9.17) is 0 Å². The third-order valence-electron chi connectivity index (χ3n) is 2.94. The number of para-hydroxylation sites is 2. The van der Waals surface area contributed by atoms with Gasteiger partial charge in [-0.2, -0.15) is 0 Å². The summed E-state index contributed by atoms with van der Waals surface area (Å²) in [7, 11) is 0. The molecule has 0 aliphatic carbocycles. The Morgan fingerprint density at radius 2 is 1.80 bits per heavy atom. The molecule has 0 unspecified atom stereocenters. The number of fused-ring (bicyclic) bond motifs is 1. The van der Waals surface area contributed by atoms with Crippen LogP contribution in [-0.2, 0) is 0 Å². The summed E-state index contributed by atoms with van der Waals surface area (Å²) in [6, 6.07) is 14.0. The van der Waals surface area contributed by atoms with Crippen molar-refractivity contribution in [3.8, 4) is 5.82 Å². The highest BCUT2D eigenvalue weighted by atomic mass is 15.1. The maximum Gasteiger partial charge on any atom is 0.140 e. The minimum Gasteiger partial charge on any atom is -0.365 e. The number of anilines is 1. The molecule has 4 nitrogen and oxygen atoms in total. The van der Waals surface area contributed by atoms with E-state index in [0.717, 1.165) is 22.7 Å². The Morgan fingerprint density at radius 3 is 2.60 bits per heavy atom. The standard InChI is InChI=1S/C16H18N4/c1-16(2,3)19-14-9-6-10-15(18-14)20-11-17-12-7-4-5-8-13(12)20/h4-11H,1-3H3,(H,18,19). The smallest absolute Gasteiger partial charge is 0.140 e. The van der Waals surface area contributed by atoms with Crippen LogP contribution in [-0.4, -0.2) is 20.1 Å². The lowest BCUT2D eigenvalue weighted by Gasteiger charge is -2.21. The first-order valence-corrected chi connectivity index (χ1v) is 6.71. The van der Waals surface area contributed by atoms with Crippen LogP contribution >= 0.6 is 0 Å². The molecular weight excluding hydrogens is 248 g/mol. The summed E-state index contributed by atoms with van der Waals surface area (Å²) in [5.74, 6) is 1.74. The van der Waals surface area contributed by atoms with Crippen LogP contribution < -0.4 is 5.32 Å². The zero-order chi connectivity index (χ0) is 14.2. The molecule has 0 spiro atoms. The summed E-state index contributed by atoms with van der Waals surface area (Å²) < 4.78 is 2.00. The van der Waals surface area contributed by atoms with Gasteiger partial charge in [0.15, 0.2) is 0 Å². The summed E-state index contributed by atoms with van der Waals surface area (Å²) in [5.41, 5.74) is 2.03. The van der Waals surface area contributed by atoms with Gasteiger partial charge in [-0.3, -0.25) is 4.57 Å². The molecule has 0 saturated carbocycles. The van der Waals surface area contributed by atoms with Gasteiger partial charge >= 0.3 is 0 Å². The van der Waals surface area contributed by atoms with Crippen molar-refractivity contribution < 1.29 is 0 Å². The second-order valence-electron chi connectivity index (χ2n) is 5.86. The third-order valence-corrected chi connectivity index (χ3v) is 2.94. The van der Waals surface area contributed by atoms with Gasteiger partial charge in [-0.25, -0.2) is 9.97 Å². The number of hydrogen-bond donors (Lipinski definition) is 1. The monoisotopic (exact) mass is 266 g/mol. The lowest BCUT2D eigenvalue weighted by molar-refractivity contribution is 0.630. The summed E-state index contributed by atoms with van der Waals surface area (Å²) in [5, 5.41) is 3.39. The SMILES string of the molecule is CC(C)(C)Nc1cccc(-n2cnc3ccccc32)n1. The van der Waals surface area contributed by atoms with Crippen molar-refractivity contribution in [2.45, 2.75) is 26.3 Å². The predicted molar refractivity (Wildman–Crippen MR) is 82.2 cm³/mol. The Balaban J connectivity index is 2.04. The molecule has 2 heterocycles. The van der Waals surface area contributed by atoms with Crippen molar-refractivity contribution in [2.75, 3.05) is 5.32 Å². The van der Waals surface area contributed by atoms with Crippen molar-refractivity contribution in [1.29, 1.82) is 0 Å². The van der Waals surface area contributed by atoms with Crippen LogP contribution in [0.2, 0.25) is 0 Å². The van der Waals surface area contributed by atoms with Crippen molar-refractivity contribution in [1.82, 2.24) is 14.5 Å². The van der Waals surface area contributed by atoms with Crippen molar-refractivity contribution in [3.63, 3.8) is 0 Å². The highest BCUT2D eigenvalue weighted by Crippen LogP contribution is 2.19. The van der Waals surface area contributed by atoms with Crippen LogP contribution in [0.4, 0.5) is 5.82 Å². The van der Waals surface area contributed by atoms with Crippen LogP contribution in [0.3, 0.4) is 0 Å². The zero-order valence-corrected chi connectivity index (χ0v) is 12.0. The van der Waals surface area contributed by atoms with Gasteiger partial charge in [-0.15, -0.1) is 0 Å². The van der Waals surface area contributed by atoms with E-state index in [2.05, 4.69) is 36.1 Å². The Morgan fingerprint density at radius 1 is 1.00 bits per heavy atom. The van der Waals surface area contributed by atoms with E-state index in [1.54, 1.807) is 0 Å². The highest BCUT2D eigenvalue weighted by Gasteiger charge is 2.11. The van der Waals surface area contributed by atoms with E-state index in [1.165, 1.54) is 0 Å². The van der Waals surface area contributed by atoms with E-state index in [9.17, 15) is 0 Å². The molecule has 0 radical (unpaired) electrons. The largest absolute Gasteiger partial charge is 0.365 e. The van der Waals surface area contributed by atoms with Crippen molar-refractivity contribution in [3.05, 3.63) is 48.8 Å². The molecule has 2 aromatic heterocycles. The number of rotatable bonds is 2. The Kier molecular flexibility index (Phi) is 2.93. The lowest BCUT2D eigenvalue weighted by Crippen LogP contribution is -2.26. The predicted octanol–water partition coefficient (Wildman–Crippen LogP) is 3.63. The van der Waals surface area contributed by atoms with Crippen LogP contribution in [0.5, 0.6) is 0 Å². The summed E-state index contributed by atoms with van der Waals surface area (Å²) in [6.45, 7) is 6.36. The van der Waals surface area contributed by atoms with Gasteiger partial charge < -0.3 is 5.32 Å². The molecule has 0 atom stereocenters. The fraction of sp³-hybridized carbons (Fsp3) is 0.250. The molecule has 3 aromatic rings. The Hall–Kier alpha value is -2.36. The highest BCUT2D eigenvalue weighted by molar-refractivity contribution is 5.76. The average molecular weight is 266 g/mol. The number of nitrogens with zero attached hydrogens (tertiary/aromatic N) is 3. The normalized spacial score (nSPS) is 11.8. The number of imidazole rings is 1. The quantitative estimate of drug-likeness (QED) is 0.770. The Labute approximate surface area is 118 Å². The van der Waals surface area contributed by atoms with Gasteiger partial charge in [-0.1, -0.05) is 18.2 Å². The molecule has 1 N–H and O–H groups in total. The average Bonchev–Trinajstić information content (AvgIpc) is 2.81. The van der Waals surface area contributed by atoms with Gasteiger partial charge in [0.05, 0.1) is 11.0 Å². The van der Waals surface area contributed by atoms with E-state index in [0.29, 0.717) is 0 Å². The molecule has 1 aromatic carbocycles. The van der Waals surface area contributed by atoms with Gasteiger partial charge in [-0.05, 0) is 45.0 Å². The summed E-state index contributed by atoms with van der Waals surface area (Å²) in [6.07, 6.45) is 1.81. The molecule has 4 heteroatoms. The van der Waals surface area contributed by atoms with E-state index >= 15 is 0 Å². The molecule has 0 bridgehead atoms. The molecular formula is C16H18N4. The van der Waals surface area contributed by atoms with Crippen molar-refractivity contribution in [2.24, 2.45) is 0 Å². The van der Waals surface area contributed by atoms with E-state index < -0.39 is 0 Å². The minimum atomic E-state index is -0.0113. The number of hydrogen-bond acceptors (Lipinski definition) is 3. The number of nitrogens with one attached hydrogen (secondary N) is 1. The maximum atomic E-state index is 4.66. The molecule has 3 rings (SSSR count). The fourth-order valence-corrected chi connectivity index (χ4v) is 2.15. The zero-order valence-electron chi connectivity index (χ0n) is 12.0. The Bertz CT molecular complexity index is 737. The molecule has 0 amide bonds. The maximum absolute atomic E-state index is 4.66. The van der Waals surface area contributed by atoms with Crippen LogP contribution in [0.1, 0.15) is 20.8 Å².